The lowest BCUT2D eigenvalue weighted by atomic mass is 10.0. The van der Waals surface area contributed by atoms with E-state index in [2.05, 4.69) is 11.4 Å². The van der Waals surface area contributed by atoms with Crippen molar-refractivity contribution in [3.63, 3.8) is 0 Å². The molecule has 2 nitrogen and oxygen atoms in total. The fraction of sp³-hybridized carbons (Fsp3) is 0.455. The summed E-state index contributed by atoms with van der Waals surface area (Å²) >= 11 is 6.05. The zero-order valence-electron chi connectivity index (χ0n) is 8.16. The predicted molar refractivity (Wildman–Crippen MR) is 56.8 cm³/mol. The normalized spacial score (nSPS) is 22.3. The van der Waals surface area contributed by atoms with Gasteiger partial charge < -0.3 is 4.74 Å². The van der Waals surface area contributed by atoms with E-state index in [0.29, 0.717) is 0 Å². The van der Waals surface area contributed by atoms with Crippen molar-refractivity contribution in [2.24, 2.45) is 0 Å². The smallest absolute Gasteiger partial charge is 0.0969 e. The van der Waals surface area contributed by atoms with Gasteiger partial charge in [-0.15, -0.1) is 0 Å². The SMILES string of the molecule is Cc1c(Cl)cccc1C1C[N]CCO1. The summed E-state index contributed by atoms with van der Waals surface area (Å²) in [5.74, 6) is 0. The van der Waals surface area contributed by atoms with E-state index in [9.17, 15) is 0 Å². The lowest BCUT2D eigenvalue weighted by Gasteiger charge is -2.24. The Labute approximate surface area is 89.2 Å². The maximum Gasteiger partial charge on any atom is 0.0969 e. The van der Waals surface area contributed by atoms with Crippen LogP contribution >= 0.6 is 11.6 Å². The van der Waals surface area contributed by atoms with Crippen molar-refractivity contribution in [2.75, 3.05) is 19.7 Å². The van der Waals surface area contributed by atoms with Crippen LogP contribution in [-0.4, -0.2) is 19.7 Å². The van der Waals surface area contributed by atoms with Crippen LogP contribution in [0.25, 0.3) is 0 Å². The molecule has 1 radical (unpaired) electrons. The first-order chi connectivity index (χ1) is 6.79. The quantitative estimate of drug-likeness (QED) is 0.698. The van der Waals surface area contributed by atoms with Crippen LogP contribution in [-0.2, 0) is 4.74 Å². The summed E-state index contributed by atoms with van der Waals surface area (Å²) in [6, 6.07) is 5.93. The highest BCUT2D eigenvalue weighted by Gasteiger charge is 2.18. The van der Waals surface area contributed by atoms with Gasteiger partial charge in [0.05, 0.1) is 12.7 Å². The van der Waals surface area contributed by atoms with Gasteiger partial charge >= 0.3 is 0 Å². The fourth-order valence-corrected chi connectivity index (χ4v) is 1.86. The molecular formula is C11H13ClNO. The highest BCUT2D eigenvalue weighted by atomic mass is 35.5. The molecule has 1 fully saturated rings. The van der Waals surface area contributed by atoms with Gasteiger partial charge in [-0.1, -0.05) is 23.7 Å². The van der Waals surface area contributed by atoms with Gasteiger partial charge in [-0.05, 0) is 24.1 Å². The summed E-state index contributed by atoms with van der Waals surface area (Å²) in [6.45, 7) is 4.31. The van der Waals surface area contributed by atoms with Crippen molar-refractivity contribution < 1.29 is 4.74 Å². The molecule has 2 rings (SSSR count). The lowest BCUT2D eigenvalue weighted by molar-refractivity contribution is 0.0257. The Kier molecular flexibility index (Phi) is 3.06. The third-order valence-electron chi connectivity index (χ3n) is 2.52. The molecule has 1 aliphatic rings. The molecule has 0 amide bonds. The Hall–Kier alpha value is -0.570. The topological polar surface area (TPSA) is 23.3 Å². The van der Waals surface area contributed by atoms with E-state index in [-0.39, 0.29) is 6.10 Å². The molecule has 75 valence electrons. The molecule has 0 aliphatic carbocycles. The molecule has 0 bridgehead atoms. The zero-order valence-corrected chi connectivity index (χ0v) is 8.92. The van der Waals surface area contributed by atoms with Crippen LogP contribution < -0.4 is 5.32 Å². The molecular weight excluding hydrogens is 198 g/mol. The molecule has 1 aromatic carbocycles. The third-order valence-corrected chi connectivity index (χ3v) is 2.93. The summed E-state index contributed by atoms with van der Waals surface area (Å²) in [6.07, 6.45) is 0.0995. The maximum absolute atomic E-state index is 6.05. The monoisotopic (exact) mass is 210 g/mol. The van der Waals surface area contributed by atoms with Gasteiger partial charge in [0.25, 0.3) is 0 Å². The number of morpholine rings is 1. The van der Waals surface area contributed by atoms with Gasteiger partial charge in [0, 0.05) is 18.1 Å². The Morgan fingerprint density at radius 2 is 2.36 bits per heavy atom. The van der Waals surface area contributed by atoms with E-state index >= 15 is 0 Å². The van der Waals surface area contributed by atoms with Crippen LogP contribution in [0.2, 0.25) is 5.02 Å². The van der Waals surface area contributed by atoms with E-state index < -0.39 is 0 Å². The van der Waals surface area contributed by atoms with Gasteiger partial charge in [0.2, 0.25) is 0 Å². The molecule has 1 saturated heterocycles. The van der Waals surface area contributed by atoms with Crippen LogP contribution in [0.3, 0.4) is 0 Å². The van der Waals surface area contributed by atoms with Crippen molar-refractivity contribution >= 4 is 11.6 Å². The first kappa shape index (κ1) is 9.97. The highest BCUT2D eigenvalue weighted by molar-refractivity contribution is 6.31. The highest BCUT2D eigenvalue weighted by Crippen LogP contribution is 2.27. The molecule has 14 heavy (non-hydrogen) atoms. The number of hydrogen-bond acceptors (Lipinski definition) is 1. The van der Waals surface area contributed by atoms with E-state index in [0.717, 1.165) is 30.3 Å². The van der Waals surface area contributed by atoms with E-state index in [4.69, 9.17) is 16.3 Å². The van der Waals surface area contributed by atoms with Crippen LogP contribution in [0, 0.1) is 6.92 Å². The summed E-state index contributed by atoms with van der Waals surface area (Å²) in [4.78, 5) is 0. The van der Waals surface area contributed by atoms with Crippen molar-refractivity contribution in [1.82, 2.24) is 5.32 Å². The predicted octanol–water partition coefficient (Wildman–Crippen LogP) is 2.32. The minimum Gasteiger partial charge on any atom is -0.371 e. The molecule has 0 saturated carbocycles. The first-order valence-electron chi connectivity index (χ1n) is 4.79. The van der Waals surface area contributed by atoms with Gasteiger partial charge in [0.15, 0.2) is 0 Å². The van der Waals surface area contributed by atoms with Gasteiger partial charge in [-0.2, -0.15) is 0 Å². The molecule has 1 unspecified atom stereocenters. The molecule has 0 aromatic heterocycles. The van der Waals surface area contributed by atoms with Crippen molar-refractivity contribution in [3.8, 4) is 0 Å². The average Bonchev–Trinajstić information content (AvgIpc) is 2.23. The average molecular weight is 211 g/mol. The lowest BCUT2D eigenvalue weighted by Crippen LogP contribution is -2.28. The second kappa shape index (κ2) is 4.30. The second-order valence-corrected chi connectivity index (χ2v) is 3.85. The second-order valence-electron chi connectivity index (χ2n) is 3.44. The van der Waals surface area contributed by atoms with Crippen LogP contribution in [0.15, 0.2) is 18.2 Å². The Balaban J connectivity index is 2.26. The number of rotatable bonds is 1. The molecule has 1 heterocycles. The Bertz CT molecular complexity index is 321. The summed E-state index contributed by atoms with van der Waals surface area (Å²) < 4.78 is 5.65. The fourth-order valence-electron chi connectivity index (χ4n) is 1.68. The molecule has 0 N–H and O–H groups in total. The Morgan fingerprint density at radius 1 is 1.50 bits per heavy atom. The number of halogens is 1. The van der Waals surface area contributed by atoms with E-state index in [1.54, 1.807) is 0 Å². The molecule has 3 heteroatoms. The molecule has 1 aliphatic heterocycles. The minimum absolute atomic E-state index is 0.0995. The summed E-state index contributed by atoms with van der Waals surface area (Å²) in [5.41, 5.74) is 2.28. The van der Waals surface area contributed by atoms with Gasteiger partial charge in [0.1, 0.15) is 0 Å². The van der Waals surface area contributed by atoms with Crippen LogP contribution in [0.1, 0.15) is 17.2 Å². The van der Waals surface area contributed by atoms with Crippen molar-refractivity contribution in [2.45, 2.75) is 13.0 Å². The van der Waals surface area contributed by atoms with Gasteiger partial charge in [-0.25, -0.2) is 5.32 Å². The Morgan fingerprint density at radius 3 is 3.07 bits per heavy atom. The summed E-state index contributed by atoms with van der Waals surface area (Å²) in [5, 5.41) is 5.14. The maximum atomic E-state index is 6.05. The number of ether oxygens (including phenoxy) is 1. The molecule has 1 aromatic rings. The number of nitrogens with zero attached hydrogens (tertiary/aromatic N) is 1. The zero-order chi connectivity index (χ0) is 9.97. The minimum atomic E-state index is 0.0995. The third kappa shape index (κ3) is 1.92. The number of hydrogen-bond donors (Lipinski definition) is 0. The van der Waals surface area contributed by atoms with E-state index in [1.165, 1.54) is 5.56 Å². The largest absolute Gasteiger partial charge is 0.371 e. The first-order valence-corrected chi connectivity index (χ1v) is 5.16. The number of benzene rings is 1. The van der Waals surface area contributed by atoms with Crippen molar-refractivity contribution in [1.29, 1.82) is 0 Å². The standard InChI is InChI=1S/C11H13ClNO/c1-8-9(3-2-4-10(8)12)11-7-13-5-6-14-11/h2-4,11H,5-7H2,1H3. The van der Waals surface area contributed by atoms with Crippen LogP contribution in [0.4, 0.5) is 0 Å². The van der Waals surface area contributed by atoms with Crippen LogP contribution in [0.5, 0.6) is 0 Å². The molecule has 1 atom stereocenters. The molecule has 0 spiro atoms. The van der Waals surface area contributed by atoms with Gasteiger partial charge in [-0.3, -0.25) is 0 Å². The van der Waals surface area contributed by atoms with E-state index in [1.807, 2.05) is 19.1 Å². The summed E-state index contributed by atoms with van der Waals surface area (Å²) in [7, 11) is 0. The van der Waals surface area contributed by atoms with Crippen molar-refractivity contribution in [3.05, 3.63) is 34.3 Å².